The van der Waals surface area contributed by atoms with Gasteiger partial charge in [0, 0.05) is 123 Å². The SMILES string of the molecule is C.CC(=O)N1CC(Nc2cc(C(=O)NC[C@H](O)CN3CCc4cc(OCc5ocnc5C)ccc4C3)nc(C(C)C)n2)C1.CO.COC(=O)c1cc(NC2CN(C(C)=O)C2)nc(C(C)C)n1.Cc1ncoc1COc1ccc2c(c1)CCN(C[C@@H](O)CN)C2.S.S. The molecule has 0 saturated carbocycles. The van der Waals surface area contributed by atoms with Gasteiger partial charge >= 0.3 is 5.97 Å². The predicted molar refractivity (Wildman–Crippen MR) is 354 cm³/mol. The van der Waals surface area contributed by atoms with E-state index < -0.39 is 18.2 Å². The molecule has 2 aromatic carbocycles. The van der Waals surface area contributed by atoms with Gasteiger partial charge in [0.15, 0.2) is 30.0 Å². The van der Waals surface area contributed by atoms with E-state index in [4.69, 9.17) is 33.9 Å². The fraction of sp³-hybridized carbons (Fsp3) is 0.524. The summed E-state index contributed by atoms with van der Waals surface area (Å²) in [6.45, 7) is 22.7. The number of rotatable bonds is 21. The summed E-state index contributed by atoms with van der Waals surface area (Å²) in [7, 11) is 2.32. The fourth-order valence-corrected chi connectivity index (χ4v) is 9.92. The lowest BCUT2D eigenvalue weighted by molar-refractivity contribution is -0.133. The van der Waals surface area contributed by atoms with E-state index in [2.05, 4.69) is 79.9 Å². The number of hydrogen-bond donors (Lipinski definition) is 7. The molecule has 4 aliphatic rings. The summed E-state index contributed by atoms with van der Waals surface area (Å²) >= 11 is 0. The molecule has 0 aliphatic carbocycles. The first kappa shape index (κ1) is 76.0. The van der Waals surface area contributed by atoms with Gasteiger partial charge in [0.25, 0.3) is 5.91 Å². The summed E-state index contributed by atoms with van der Waals surface area (Å²) in [5.74, 6) is 4.77. The van der Waals surface area contributed by atoms with Crippen LogP contribution in [-0.2, 0) is 53.5 Å². The average molecular weight is 1300 g/mol. The van der Waals surface area contributed by atoms with E-state index >= 15 is 0 Å². The molecule has 4 aromatic heterocycles. The number of amides is 3. The number of β-amino-alcohol motifs (C(OH)–C–C–N with tert-alkyl or cyclic N) is 2. The Morgan fingerprint density at radius 2 is 1.08 bits per heavy atom. The Hall–Kier alpha value is -7.44. The van der Waals surface area contributed by atoms with Crippen molar-refractivity contribution in [3.05, 3.63) is 130 Å². The number of aliphatic hydroxyl groups excluding tert-OH is 3. The zero-order chi connectivity index (χ0) is 63.6. The minimum Gasteiger partial charge on any atom is -0.486 e. The van der Waals surface area contributed by atoms with Crippen LogP contribution in [0.1, 0.15) is 139 Å². The number of aryl methyl sites for hydroxylation is 2. The Morgan fingerprint density at radius 3 is 1.47 bits per heavy atom. The Kier molecular flexibility index (Phi) is 30.5. The van der Waals surface area contributed by atoms with Gasteiger partial charge in [-0.15, -0.1) is 0 Å². The molecule has 0 spiro atoms. The molecule has 26 nitrogen and oxygen atoms in total. The predicted octanol–water partition coefficient (Wildman–Crippen LogP) is 5.01. The number of fused-ring (bicyclic) bond motifs is 2. The summed E-state index contributed by atoms with van der Waals surface area (Å²) < 4.78 is 27.0. The van der Waals surface area contributed by atoms with E-state index in [1.54, 1.807) is 35.8 Å². The minimum atomic E-state index is -0.736. The maximum Gasteiger partial charge on any atom is 0.356 e. The molecule has 6 aromatic rings. The molecule has 28 heteroatoms. The van der Waals surface area contributed by atoms with Crippen LogP contribution in [-0.4, -0.2) is 192 Å². The molecule has 3 amide bonds. The first-order chi connectivity index (χ1) is 42.2. The van der Waals surface area contributed by atoms with Crippen molar-refractivity contribution in [2.24, 2.45) is 5.73 Å². The second-order valence-corrected chi connectivity index (χ2v) is 22.7. The van der Waals surface area contributed by atoms with Crippen molar-refractivity contribution < 1.29 is 57.5 Å². The van der Waals surface area contributed by atoms with Crippen molar-refractivity contribution in [2.45, 2.75) is 138 Å². The number of nitrogens with two attached hydrogens (primary N) is 1. The van der Waals surface area contributed by atoms with Crippen LogP contribution in [0, 0.1) is 13.8 Å². The second kappa shape index (κ2) is 36.6. The molecule has 0 radical (unpaired) electrons. The molecule has 0 unspecified atom stereocenters. The van der Waals surface area contributed by atoms with Crippen LogP contribution in [0.5, 0.6) is 11.5 Å². The van der Waals surface area contributed by atoms with E-state index in [1.807, 2.05) is 53.7 Å². The molecule has 0 bridgehead atoms. The van der Waals surface area contributed by atoms with Crippen LogP contribution in [0.2, 0.25) is 0 Å². The van der Waals surface area contributed by atoms with Crippen LogP contribution in [0.4, 0.5) is 11.6 Å². The van der Waals surface area contributed by atoms with Crippen molar-refractivity contribution in [3.63, 3.8) is 0 Å². The zero-order valence-corrected chi connectivity index (χ0v) is 55.1. The van der Waals surface area contributed by atoms with Gasteiger partial charge in [-0.05, 0) is 73.2 Å². The molecule has 2 atom stereocenters. The normalized spacial score (nSPS) is 15.0. The molecule has 8 heterocycles. The zero-order valence-electron chi connectivity index (χ0n) is 53.1. The number of aliphatic hydroxyl groups is 3. The quantitative estimate of drug-likeness (QED) is 0.0466. The summed E-state index contributed by atoms with van der Waals surface area (Å²) in [6, 6.07) is 15.7. The highest BCUT2D eigenvalue weighted by Gasteiger charge is 2.31. The van der Waals surface area contributed by atoms with Gasteiger partial charge in [0.1, 0.15) is 53.7 Å². The molecule has 4 aliphatic heterocycles. The third-order valence-electron chi connectivity index (χ3n) is 15.2. The lowest BCUT2D eigenvalue weighted by atomic mass is 9.99. The molecule has 91 heavy (non-hydrogen) atoms. The number of ether oxygens (including phenoxy) is 3. The van der Waals surface area contributed by atoms with Crippen molar-refractivity contribution >= 4 is 62.3 Å². The number of nitrogens with one attached hydrogen (secondary N) is 3. The van der Waals surface area contributed by atoms with Gasteiger partial charge < -0.3 is 69.8 Å². The monoisotopic (exact) mass is 1300 g/mol. The number of hydrogen-bond acceptors (Lipinski definition) is 23. The van der Waals surface area contributed by atoms with Gasteiger partial charge in [-0.2, -0.15) is 27.0 Å². The number of benzene rings is 2. The molecule has 2 saturated heterocycles. The lowest BCUT2D eigenvalue weighted by Crippen LogP contribution is -2.56. The molecule has 2 fully saturated rings. The van der Waals surface area contributed by atoms with Crippen molar-refractivity contribution in [1.29, 1.82) is 0 Å². The third kappa shape index (κ3) is 22.1. The lowest BCUT2D eigenvalue weighted by Gasteiger charge is -2.39. The Bertz CT molecular complexity index is 3290. The molecular formula is C63H94N14O12S2. The summed E-state index contributed by atoms with van der Waals surface area (Å²) in [5, 5.41) is 36.8. The van der Waals surface area contributed by atoms with Crippen molar-refractivity contribution in [3.8, 4) is 11.5 Å². The fourth-order valence-electron chi connectivity index (χ4n) is 9.92. The average Bonchev–Trinajstić information content (AvgIpc) is 1.76. The van der Waals surface area contributed by atoms with Gasteiger partial charge in [-0.25, -0.2) is 34.7 Å². The summed E-state index contributed by atoms with van der Waals surface area (Å²) in [4.78, 5) is 81.0. The highest BCUT2D eigenvalue weighted by molar-refractivity contribution is 7.59. The first-order valence-corrected chi connectivity index (χ1v) is 29.6. The highest BCUT2D eigenvalue weighted by atomic mass is 32.1. The number of likely N-dealkylation sites (tertiary alicyclic amines) is 2. The van der Waals surface area contributed by atoms with Crippen LogP contribution in [0.15, 0.2) is 70.2 Å². The number of oxazole rings is 2. The Morgan fingerprint density at radius 1 is 0.648 bits per heavy atom. The number of nitrogens with zero attached hydrogens (tertiary/aromatic N) is 10. The van der Waals surface area contributed by atoms with E-state index in [0.29, 0.717) is 94.6 Å². The van der Waals surface area contributed by atoms with E-state index in [-0.39, 0.29) is 94.0 Å². The van der Waals surface area contributed by atoms with Crippen LogP contribution >= 0.6 is 27.0 Å². The first-order valence-electron chi connectivity index (χ1n) is 29.6. The summed E-state index contributed by atoms with van der Waals surface area (Å²) in [5.41, 5.74) is 12.7. The largest absolute Gasteiger partial charge is 0.486 e. The topological polar surface area (TPSA) is 335 Å². The van der Waals surface area contributed by atoms with Gasteiger partial charge in [0.05, 0.1) is 42.8 Å². The number of esters is 1. The van der Waals surface area contributed by atoms with Gasteiger partial charge in [0.2, 0.25) is 11.8 Å². The number of carbonyl (C=O) groups is 4. The Labute approximate surface area is 547 Å². The number of methoxy groups -OCH3 is 1. The third-order valence-corrected chi connectivity index (χ3v) is 15.2. The highest BCUT2D eigenvalue weighted by Crippen LogP contribution is 2.28. The number of aromatic nitrogens is 6. The van der Waals surface area contributed by atoms with E-state index in [9.17, 15) is 29.4 Å². The number of carbonyl (C=O) groups excluding carboxylic acids is 4. The molecule has 500 valence electrons. The molecule has 10 rings (SSSR count). The Balaban J connectivity index is 0.000000307. The van der Waals surface area contributed by atoms with Crippen LogP contribution in [0.3, 0.4) is 0 Å². The maximum absolute atomic E-state index is 13.0. The van der Waals surface area contributed by atoms with E-state index in [0.717, 1.165) is 68.2 Å². The van der Waals surface area contributed by atoms with Crippen LogP contribution in [0.25, 0.3) is 0 Å². The second-order valence-electron chi connectivity index (χ2n) is 22.7. The number of anilines is 2. The van der Waals surface area contributed by atoms with E-state index in [1.165, 1.54) is 42.2 Å². The van der Waals surface area contributed by atoms with Crippen molar-refractivity contribution in [1.82, 2.24) is 54.8 Å². The maximum atomic E-state index is 13.0. The van der Waals surface area contributed by atoms with Crippen molar-refractivity contribution in [2.75, 3.05) is 90.3 Å². The smallest absolute Gasteiger partial charge is 0.356 e. The minimum absolute atomic E-state index is 0. The van der Waals surface area contributed by atoms with Gasteiger partial charge in [-0.3, -0.25) is 24.2 Å². The molecular weight excluding hydrogens is 1210 g/mol. The summed E-state index contributed by atoms with van der Waals surface area (Å²) in [6.07, 6.45) is 3.46. The molecule has 8 N–H and O–H groups in total. The van der Waals surface area contributed by atoms with Crippen LogP contribution < -0.4 is 31.2 Å². The standard InChI is InChI=1S/C30H39N7O5.C17H23N3O3.C14H20N4O3.CH4O.CH4.2H2S/c1-18(2)29-34-26(10-28(35-29)33-23-13-37(14-23)20(4)38)30(40)31-11-24(39)15-36-8-7-21-9-25(6-5-22(21)12-36)41-16-27-19(3)32-17-42-27;1-12-17(23-11-19-12)10-22-16-3-2-14-8-20(9-15(21)7-18)5-4-13(14)6-16;1-8(2)13-16-11(14(20)21-4)5-12(17-13)15-10-6-18(7-10)9(3)19;1-2;;;/h5-6,9-10,17-18,23-24,39H,7-8,11-16H2,1-4H3,(H,31,40)(H,33,34,35);2-3,6,11,15,21H,4-5,7-10,18H2,1H3;5,8,10H,6-7H2,1-4H3,(H,15,16,17);2H,1H3;1H4;2*1H2/t24-;15-;;;;;/m00...../s1. The van der Waals surface area contributed by atoms with Gasteiger partial charge in [-0.1, -0.05) is 47.3 Å².